The first-order valence-corrected chi connectivity index (χ1v) is 8.44. The van der Waals surface area contributed by atoms with Crippen molar-refractivity contribution in [1.82, 2.24) is 5.32 Å². The van der Waals surface area contributed by atoms with Gasteiger partial charge in [-0.1, -0.05) is 20.3 Å². The summed E-state index contributed by atoms with van der Waals surface area (Å²) in [6.45, 7) is 3.91. The number of carboxylic acid groups (broad SMARTS) is 1. The Morgan fingerprint density at radius 1 is 1.29 bits per heavy atom. The zero-order chi connectivity index (χ0) is 15.4. The van der Waals surface area contributed by atoms with Crippen LogP contribution in [0.4, 0.5) is 0 Å². The Hall–Kier alpha value is -1.36. The average molecular weight is 309 g/mol. The molecular weight excluding hydrogens is 286 g/mol. The van der Waals surface area contributed by atoms with E-state index in [4.69, 9.17) is 0 Å². The van der Waals surface area contributed by atoms with E-state index in [-0.39, 0.29) is 11.8 Å². The van der Waals surface area contributed by atoms with Crippen LogP contribution >= 0.6 is 11.3 Å². The van der Waals surface area contributed by atoms with Crippen molar-refractivity contribution in [2.45, 2.75) is 58.4 Å². The largest absolute Gasteiger partial charge is 0.480 e. The van der Waals surface area contributed by atoms with Gasteiger partial charge in [-0.15, -0.1) is 11.3 Å². The van der Waals surface area contributed by atoms with Gasteiger partial charge in [0, 0.05) is 4.88 Å². The fourth-order valence-corrected chi connectivity index (χ4v) is 3.86. The molecule has 1 aliphatic rings. The molecule has 2 rings (SSSR count). The van der Waals surface area contributed by atoms with Gasteiger partial charge in [0.15, 0.2) is 0 Å². The Bertz CT molecular complexity index is 498. The van der Waals surface area contributed by atoms with Gasteiger partial charge in [0.25, 0.3) is 5.91 Å². The third-order valence-electron chi connectivity index (χ3n) is 3.78. The van der Waals surface area contributed by atoms with Crippen molar-refractivity contribution in [2.24, 2.45) is 5.92 Å². The third-order valence-corrected chi connectivity index (χ3v) is 5.02. The summed E-state index contributed by atoms with van der Waals surface area (Å²) < 4.78 is 0. The zero-order valence-corrected chi connectivity index (χ0v) is 13.5. The highest BCUT2D eigenvalue weighted by Crippen LogP contribution is 2.29. The van der Waals surface area contributed by atoms with Crippen LogP contribution in [0.15, 0.2) is 6.07 Å². The summed E-state index contributed by atoms with van der Waals surface area (Å²) in [5.74, 6) is -0.984. The predicted molar refractivity (Wildman–Crippen MR) is 83.9 cm³/mol. The number of carbonyl (C=O) groups is 2. The molecule has 2 N–H and O–H groups in total. The molecule has 1 aliphatic carbocycles. The second-order valence-electron chi connectivity index (χ2n) is 6.11. The third kappa shape index (κ3) is 4.30. The lowest BCUT2D eigenvalue weighted by atomic mass is 10.0. The van der Waals surface area contributed by atoms with Crippen LogP contribution in [0.1, 0.15) is 59.6 Å². The van der Waals surface area contributed by atoms with Crippen LogP contribution in [0.5, 0.6) is 0 Å². The molecule has 1 amide bonds. The van der Waals surface area contributed by atoms with Gasteiger partial charge in [-0.25, -0.2) is 4.79 Å². The Morgan fingerprint density at radius 2 is 2.00 bits per heavy atom. The quantitative estimate of drug-likeness (QED) is 0.821. The van der Waals surface area contributed by atoms with E-state index in [9.17, 15) is 14.7 Å². The van der Waals surface area contributed by atoms with Crippen LogP contribution in [0, 0.1) is 5.92 Å². The lowest BCUT2D eigenvalue weighted by Gasteiger charge is -2.15. The summed E-state index contributed by atoms with van der Waals surface area (Å²) in [5, 5.41) is 11.9. The number of carboxylic acids is 1. The predicted octanol–water partition coefficient (Wildman–Crippen LogP) is 3.25. The van der Waals surface area contributed by atoms with Gasteiger partial charge in [-0.05, 0) is 49.7 Å². The number of nitrogens with one attached hydrogen (secondary N) is 1. The molecule has 1 atom stereocenters. The van der Waals surface area contributed by atoms with Crippen molar-refractivity contribution in [2.75, 3.05) is 0 Å². The van der Waals surface area contributed by atoms with E-state index in [1.807, 2.05) is 19.9 Å². The number of aryl methyl sites for hydroxylation is 2. The minimum absolute atomic E-state index is 0.228. The van der Waals surface area contributed by atoms with Gasteiger partial charge in [-0.3, -0.25) is 4.79 Å². The van der Waals surface area contributed by atoms with Crippen molar-refractivity contribution in [1.29, 1.82) is 0 Å². The molecule has 5 heteroatoms. The number of hydrogen-bond donors (Lipinski definition) is 2. The summed E-state index contributed by atoms with van der Waals surface area (Å²) in [6.07, 6.45) is 6.13. The molecule has 1 heterocycles. The van der Waals surface area contributed by atoms with Crippen LogP contribution < -0.4 is 5.32 Å². The van der Waals surface area contributed by atoms with Gasteiger partial charge in [0.2, 0.25) is 0 Å². The van der Waals surface area contributed by atoms with Crippen molar-refractivity contribution in [3.05, 3.63) is 21.4 Å². The smallest absolute Gasteiger partial charge is 0.326 e. The number of carbonyl (C=O) groups excluding carboxylic acids is 1. The minimum atomic E-state index is -0.963. The number of aliphatic carboxylic acids is 1. The molecule has 0 saturated heterocycles. The molecule has 0 aliphatic heterocycles. The maximum absolute atomic E-state index is 12.3. The average Bonchev–Trinajstić information content (AvgIpc) is 2.69. The van der Waals surface area contributed by atoms with E-state index in [1.165, 1.54) is 41.0 Å². The van der Waals surface area contributed by atoms with Gasteiger partial charge in [-0.2, -0.15) is 0 Å². The van der Waals surface area contributed by atoms with E-state index in [1.54, 1.807) is 0 Å². The molecule has 1 unspecified atom stereocenters. The fraction of sp³-hybridized carbons (Fsp3) is 0.625. The summed E-state index contributed by atoms with van der Waals surface area (Å²) >= 11 is 1.52. The Labute approximate surface area is 129 Å². The van der Waals surface area contributed by atoms with E-state index >= 15 is 0 Å². The highest BCUT2D eigenvalue weighted by Gasteiger charge is 2.23. The molecule has 1 aromatic heterocycles. The maximum Gasteiger partial charge on any atom is 0.326 e. The number of fused-ring (bicyclic) bond motifs is 1. The Balaban J connectivity index is 2.07. The van der Waals surface area contributed by atoms with Crippen molar-refractivity contribution in [3.8, 4) is 0 Å². The molecule has 0 saturated carbocycles. The topological polar surface area (TPSA) is 66.4 Å². The van der Waals surface area contributed by atoms with Crippen LogP contribution in [0.2, 0.25) is 0 Å². The molecule has 0 bridgehead atoms. The highest BCUT2D eigenvalue weighted by molar-refractivity contribution is 7.14. The first-order chi connectivity index (χ1) is 9.97. The molecular formula is C16H23NO3S. The standard InChI is InChI=1S/C16H23NO3S/c1-10(2)8-12(16(19)20)17-15(18)14-9-11-6-4-3-5-7-13(11)21-14/h9-10,12H,3-8H2,1-2H3,(H,17,18)(H,19,20). The zero-order valence-electron chi connectivity index (χ0n) is 12.6. The number of amides is 1. The van der Waals surface area contributed by atoms with Crippen molar-refractivity contribution < 1.29 is 14.7 Å². The maximum atomic E-state index is 12.3. The molecule has 0 radical (unpaired) electrons. The van der Waals surface area contributed by atoms with E-state index in [2.05, 4.69) is 5.32 Å². The van der Waals surface area contributed by atoms with Crippen molar-refractivity contribution >= 4 is 23.2 Å². The first kappa shape index (κ1) is 16.0. The molecule has 0 aromatic carbocycles. The molecule has 4 nitrogen and oxygen atoms in total. The second kappa shape index (κ2) is 7.07. The van der Waals surface area contributed by atoms with Crippen LogP contribution in [0.25, 0.3) is 0 Å². The van der Waals surface area contributed by atoms with Gasteiger partial charge in [0.05, 0.1) is 4.88 Å². The van der Waals surface area contributed by atoms with Crippen LogP contribution in [-0.4, -0.2) is 23.0 Å². The van der Waals surface area contributed by atoms with Gasteiger partial charge in [0.1, 0.15) is 6.04 Å². The van der Waals surface area contributed by atoms with Crippen molar-refractivity contribution in [3.63, 3.8) is 0 Å². The fourth-order valence-electron chi connectivity index (χ4n) is 2.70. The Morgan fingerprint density at radius 3 is 2.67 bits per heavy atom. The summed E-state index contributed by atoms with van der Waals surface area (Å²) in [7, 11) is 0. The van der Waals surface area contributed by atoms with E-state index in [0.717, 1.165) is 12.8 Å². The normalized spacial score (nSPS) is 16.1. The van der Waals surface area contributed by atoms with Gasteiger partial charge < -0.3 is 10.4 Å². The van der Waals surface area contributed by atoms with Crippen LogP contribution in [0.3, 0.4) is 0 Å². The summed E-state index contributed by atoms with van der Waals surface area (Å²) in [5.41, 5.74) is 1.28. The number of rotatable bonds is 5. The molecule has 21 heavy (non-hydrogen) atoms. The van der Waals surface area contributed by atoms with Crippen LogP contribution in [-0.2, 0) is 17.6 Å². The van der Waals surface area contributed by atoms with E-state index in [0.29, 0.717) is 11.3 Å². The minimum Gasteiger partial charge on any atom is -0.480 e. The molecule has 116 valence electrons. The molecule has 0 spiro atoms. The monoisotopic (exact) mass is 309 g/mol. The number of hydrogen-bond acceptors (Lipinski definition) is 3. The number of thiophene rings is 1. The SMILES string of the molecule is CC(C)CC(NC(=O)c1cc2c(s1)CCCCC2)C(=O)O. The summed E-state index contributed by atoms with van der Waals surface area (Å²) in [4.78, 5) is 25.5. The summed E-state index contributed by atoms with van der Waals surface area (Å²) in [6, 6.07) is 1.15. The lowest BCUT2D eigenvalue weighted by molar-refractivity contribution is -0.139. The molecule has 1 aromatic rings. The first-order valence-electron chi connectivity index (χ1n) is 7.62. The molecule has 0 fully saturated rings. The van der Waals surface area contributed by atoms with E-state index < -0.39 is 12.0 Å². The Kier molecular flexibility index (Phi) is 5.39. The lowest BCUT2D eigenvalue weighted by Crippen LogP contribution is -2.41. The van der Waals surface area contributed by atoms with Gasteiger partial charge >= 0.3 is 5.97 Å². The highest BCUT2D eigenvalue weighted by atomic mass is 32.1. The second-order valence-corrected chi connectivity index (χ2v) is 7.25.